The van der Waals surface area contributed by atoms with Crippen LogP contribution in [0.15, 0.2) is 48.5 Å². The molecule has 0 radical (unpaired) electrons. The highest BCUT2D eigenvalue weighted by Gasteiger charge is 2.34. The highest BCUT2D eigenvalue weighted by atomic mass is 32.2. The quantitative estimate of drug-likeness (QED) is 0.0318. The number of unbranched alkanes of at least 4 members (excludes halogenated alkanes) is 4. The lowest BCUT2D eigenvalue weighted by molar-refractivity contribution is -0.161. The SMILES string of the molecule is CCCCCC(=O)OC[C@H](CSC[C@H](NC(=O)OCC1c2ccccc2-c2ccccc21)C(=O)NCC(=O)N[C@@H](CCC(=O)OC(C)(C)C)C(=O)N[C@@H](CCC(=O)OC(C)(C)C)C(=O)OC(C)(C)C)OC(=O)CCCCC. The van der Waals surface area contributed by atoms with Crippen molar-refractivity contribution in [3.8, 4) is 11.1 Å². The van der Waals surface area contributed by atoms with Crippen LogP contribution < -0.4 is 21.3 Å². The van der Waals surface area contributed by atoms with Gasteiger partial charge < -0.3 is 49.7 Å². The molecule has 0 aromatic heterocycles. The number of hydrogen-bond donors (Lipinski definition) is 4. The molecule has 77 heavy (non-hydrogen) atoms. The maximum Gasteiger partial charge on any atom is 0.407 e. The Labute approximate surface area is 458 Å². The summed E-state index contributed by atoms with van der Waals surface area (Å²) in [4.78, 5) is 120. The van der Waals surface area contributed by atoms with E-state index in [1.165, 1.54) is 0 Å². The van der Waals surface area contributed by atoms with E-state index < -0.39 is 101 Å². The fourth-order valence-corrected chi connectivity index (χ4v) is 8.98. The minimum Gasteiger partial charge on any atom is -0.462 e. The number of fused-ring (bicyclic) bond motifs is 3. The predicted molar refractivity (Wildman–Crippen MR) is 291 cm³/mol. The van der Waals surface area contributed by atoms with Gasteiger partial charge in [-0.1, -0.05) is 88.1 Å². The van der Waals surface area contributed by atoms with E-state index in [9.17, 15) is 43.2 Å². The third kappa shape index (κ3) is 25.7. The van der Waals surface area contributed by atoms with Gasteiger partial charge in [-0.2, -0.15) is 11.8 Å². The number of amides is 4. The Morgan fingerprint density at radius 2 is 1.06 bits per heavy atom. The summed E-state index contributed by atoms with van der Waals surface area (Å²) in [7, 11) is 0. The van der Waals surface area contributed by atoms with Gasteiger partial charge in [0, 0.05) is 43.1 Å². The molecule has 20 heteroatoms. The van der Waals surface area contributed by atoms with Crippen LogP contribution in [-0.2, 0) is 66.8 Å². The minimum atomic E-state index is -1.47. The molecule has 0 saturated carbocycles. The largest absolute Gasteiger partial charge is 0.462 e. The molecular formula is C57H84N4O15S. The number of carbonyl (C=O) groups is 9. The number of hydrogen-bond acceptors (Lipinski definition) is 16. The van der Waals surface area contributed by atoms with Gasteiger partial charge in [-0.15, -0.1) is 0 Å². The first kappa shape index (κ1) is 65.1. The number of esters is 5. The van der Waals surface area contributed by atoms with Crippen molar-refractivity contribution in [2.75, 3.05) is 31.3 Å². The Kier molecular flexibility index (Phi) is 27.0. The fourth-order valence-electron chi connectivity index (χ4n) is 7.95. The first-order valence-electron chi connectivity index (χ1n) is 26.8. The van der Waals surface area contributed by atoms with Crippen LogP contribution in [0.4, 0.5) is 4.79 Å². The Balaban J connectivity index is 1.84. The molecule has 4 N–H and O–H groups in total. The molecule has 0 saturated heterocycles. The van der Waals surface area contributed by atoms with Crippen molar-refractivity contribution in [3.05, 3.63) is 59.7 Å². The molecule has 2 aromatic rings. The van der Waals surface area contributed by atoms with Gasteiger partial charge in [0.25, 0.3) is 0 Å². The van der Waals surface area contributed by atoms with Crippen LogP contribution in [0.1, 0.15) is 170 Å². The second kappa shape index (κ2) is 31.9. The lowest BCUT2D eigenvalue weighted by atomic mass is 9.98. The van der Waals surface area contributed by atoms with Crippen molar-refractivity contribution in [2.24, 2.45) is 0 Å². The summed E-state index contributed by atoms with van der Waals surface area (Å²) >= 11 is 1.13. The second-order valence-corrected chi connectivity index (χ2v) is 23.0. The summed E-state index contributed by atoms with van der Waals surface area (Å²) in [6.07, 6.45) is 2.16. The van der Waals surface area contributed by atoms with E-state index in [2.05, 4.69) is 21.3 Å². The van der Waals surface area contributed by atoms with Crippen LogP contribution in [0.5, 0.6) is 0 Å². The maximum absolute atomic E-state index is 14.1. The molecule has 0 heterocycles. The smallest absolute Gasteiger partial charge is 0.407 e. The van der Waals surface area contributed by atoms with Crippen LogP contribution in [-0.4, -0.2) is 126 Å². The van der Waals surface area contributed by atoms with Crippen molar-refractivity contribution in [3.63, 3.8) is 0 Å². The topological polar surface area (TPSA) is 257 Å². The number of alkyl carbamates (subject to hydrolysis) is 1. The molecule has 1 aliphatic carbocycles. The van der Waals surface area contributed by atoms with Crippen LogP contribution in [0.3, 0.4) is 0 Å². The van der Waals surface area contributed by atoms with E-state index in [-0.39, 0.29) is 69.2 Å². The molecule has 428 valence electrons. The Hall–Kier alpha value is -6.18. The Morgan fingerprint density at radius 3 is 1.60 bits per heavy atom. The van der Waals surface area contributed by atoms with Crippen molar-refractivity contribution in [2.45, 2.75) is 200 Å². The van der Waals surface area contributed by atoms with E-state index in [1.54, 1.807) is 62.3 Å². The highest BCUT2D eigenvalue weighted by Crippen LogP contribution is 2.44. The van der Waals surface area contributed by atoms with Gasteiger partial charge in [-0.05, 0) is 110 Å². The molecular weight excluding hydrogens is 1010 g/mol. The van der Waals surface area contributed by atoms with Crippen LogP contribution in [0.25, 0.3) is 11.1 Å². The van der Waals surface area contributed by atoms with Gasteiger partial charge in [0.1, 0.15) is 54.2 Å². The van der Waals surface area contributed by atoms with E-state index in [0.29, 0.717) is 12.8 Å². The Morgan fingerprint density at radius 1 is 0.545 bits per heavy atom. The van der Waals surface area contributed by atoms with E-state index in [1.807, 2.05) is 62.4 Å². The van der Waals surface area contributed by atoms with Gasteiger partial charge in [-0.25, -0.2) is 9.59 Å². The summed E-state index contributed by atoms with van der Waals surface area (Å²) in [6.45, 7) is 18.0. The zero-order valence-electron chi connectivity index (χ0n) is 47.1. The first-order valence-corrected chi connectivity index (χ1v) is 27.9. The number of rotatable bonds is 31. The first-order chi connectivity index (χ1) is 36.2. The summed E-state index contributed by atoms with van der Waals surface area (Å²) in [5.74, 6) is -6.01. The van der Waals surface area contributed by atoms with Crippen LogP contribution >= 0.6 is 11.8 Å². The number of thioether (sulfide) groups is 1. The van der Waals surface area contributed by atoms with Gasteiger partial charge in [0.15, 0.2) is 0 Å². The average Bonchev–Trinajstić information content (AvgIpc) is 3.65. The third-order valence-corrected chi connectivity index (χ3v) is 12.6. The number of benzene rings is 2. The summed E-state index contributed by atoms with van der Waals surface area (Å²) in [6, 6.07) is 11.4. The summed E-state index contributed by atoms with van der Waals surface area (Å²) in [5, 5.41) is 10.2. The number of nitrogens with one attached hydrogen (secondary N) is 4. The molecule has 4 atom stereocenters. The number of ether oxygens (including phenoxy) is 6. The molecule has 4 amide bonds. The molecule has 0 unspecified atom stereocenters. The minimum absolute atomic E-state index is 0.0635. The highest BCUT2D eigenvalue weighted by molar-refractivity contribution is 7.99. The van der Waals surface area contributed by atoms with E-state index >= 15 is 0 Å². The molecule has 0 fully saturated rings. The molecule has 2 aromatic carbocycles. The van der Waals surface area contributed by atoms with Gasteiger partial charge >= 0.3 is 35.9 Å². The normalized spacial score (nSPS) is 13.8. The van der Waals surface area contributed by atoms with Gasteiger partial charge in [0.05, 0.1) is 6.54 Å². The molecule has 19 nitrogen and oxygen atoms in total. The number of carbonyl (C=O) groups excluding carboxylic acids is 9. The molecule has 0 spiro atoms. The average molecular weight is 1100 g/mol. The third-order valence-electron chi connectivity index (χ3n) is 11.4. The zero-order chi connectivity index (χ0) is 57.3. The van der Waals surface area contributed by atoms with E-state index in [0.717, 1.165) is 59.7 Å². The Bertz CT molecular complexity index is 2260. The standard InChI is InChI=1S/C57H84N4O15S/c1-12-14-16-26-47(63)71-33-37(73-48(64)27-17-15-13-2)35-77-36-45(61-54(70)72-34-42-40-24-20-18-22-38(40)39-23-19-21-25-41(39)42)51(67)58-32-46(62)59-43(28-30-49(65)74-55(3,4)5)52(68)60-44(53(69)76-57(9,10)11)29-31-50(66)75-56(6,7)8/h18-25,37,42-45H,12-17,26-36H2,1-11H3,(H,58,67)(H,59,62)(H,60,68)(H,61,70)/t37-,43+,44+,45+/m1/s1. The van der Waals surface area contributed by atoms with Crippen molar-refractivity contribution in [1.29, 1.82) is 0 Å². The lowest BCUT2D eigenvalue weighted by Gasteiger charge is -2.27. The van der Waals surface area contributed by atoms with Crippen molar-refractivity contribution in [1.82, 2.24) is 21.3 Å². The molecule has 3 rings (SSSR count). The molecule has 0 bridgehead atoms. The maximum atomic E-state index is 14.1. The lowest BCUT2D eigenvalue weighted by Crippen LogP contribution is -2.55. The zero-order valence-corrected chi connectivity index (χ0v) is 47.9. The van der Waals surface area contributed by atoms with Crippen LogP contribution in [0, 0.1) is 0 Å². The predicted octanol–water partition coefficient (Wildman–Crippen LogP) is 7.91. The molecule has 1 aliphatic rings. The fraction of sp³-hybridized carbons (Fsp3) is 0.632. The van der Waals surface area contributed by atoms with Crippen LogP contribution in [0.2, 0.25) is 0 Å². The van der Waals surface area contributed by atoms with Gasteiger partial charge in [-0.3, -0.25) is 33.6 Å². The summed E-state index contributed by atoms with van der Waals surface area (Å²) in [5.41, 5.74) is 1.31. The monoisotopic (exact) mass is 1100 g/mol. The second-order valence-electron chi connectivity index (χ2n) is 22.0. The van der Waals surface area contributed by atoms with Crippen molar-refractivity contribution >= 4 is 65.4 Å². The molecule has 0 aliphatic heterocycles. The van der Waals surface area contributed by atoms with Crippen molar-refractivity contribution < 1.29 is 71.6 Å². The van der Waals surface area contributed by atoms with Gasteiger partial charge in [0.2, 0.25) is 17.7 Å². The summed E-state index contributed by atoms with van der Waals surface area (Å²) < 4.78 is 33.4. The van der Waals surface area contributed by atoms with E-state index in [4.69, 9.17) is 28.4 Å².